The Morgan fingerprint density at radius 1 is 1.18 bits per heavy atom. The van der Waals surface area contributed by atoms with Crippen LogP contribution in [0.15, 0.2) is 0 Å². The summed E-state index contributed by atoms with van der Waals surface area (Å²) in [7, 11) is 4.34. The van der Waals surface area contributed by atoms with Crippen LogP contribution in [0.3, 0.4) is 0 Å². The van der Waals surface area contributed by atoms with Crippen LogP contribution >= 0.6 is 0 Å². The average Bonchev–Trinajstić information content (AvgIpc) is 2.29. The van der Waals surface area contributed by atoms with Crippen molar-refractivity contribution in [1.29, 1.82) is 0 Å². The van der Waals surface area contributed by atoms with Gasteiger partial charge in [-0.1, -0.05) is 19.3 Å². The number of aliphatic hydroxyl groups is 1. The molecule has 0 spiro atoms. The lowest BCUT2D eigenvalue weighted by Gasteiger charge is -2.41. The van der Waals surface area contributed by atoms with Gasteiger partial charge in [-0.2, -0.15) is 0 Å². The minimum atomic E-state index is -0.382. The van der Waals surface area contributed by atoms with Gasteiger partial charge in [-0.15, -0.1) is 0 Å². The summed E-state index contributed by atoms with van der Waals surface area (Å²) in [4.78, 5) is 4.82. The zero-order valence-electron chi connectivity index (χ0n) is 11.5. The molecule has 0 radical (unpaired) electrons. The van der Waals surface area contributed by atoms with E-state index < -0.39 is 0 Å². The number of likely N-dealkylation sites (tertiary alicyclic amines) is 1. The van der Waals surface area contributed by atoms with Crippen molar-refractivity contribution in [2.24, 2.45) is 0 Å². The largest absolute Gasteiger partial charge is 0.389 e. The van der Waals surface area contributed by atoms with Crippen LogP contribution in [-0.4, -0.2) is 60.3 Å². The summed E-state index contributed by atoms with van der Waals surface area (Å²) in [5.74, 6) is 0. The molecule has 1 aliphatic heterocycles. The summed E-state index contributed by atoms with van der Waals surface area (Å²) in [5, 5.41) is 10.6. The van der Waals surface area contributed by atoms with Gasteiger partial charge in [-0.05, 0) is 46.3 Å². The Bertz CT molecular complexity index is 236. The van der Waals surface area contributed by atoms with Crippen LogP contribution in [0.5, 0.6) is 0 Å². The van der Waals surface area contributed by atoms with E-state index in [-0.39, 0.29) is 5.60 Å². The fourth-order valence-electron chi connectivity index (χ4n) is 3.38. The van der Waals surface area contributed by atoms with Crippen LogP contribution in [0.2, 0.25) is 0 Å². The first-order valence-electron chi connectivity index (χ1n) is 7.20. The van der Waals surface area contributed by atoms with Crippen molar-refractivity contribution in [3.63, 3.8) is 0 Å². The van der Waals surface area contributed by atoms with Gasteiger partial charge in [0.2, 0.25) is 0 Å². The van der Waals surface area contributed by atoms with Gasteiger partial charge >= 0.3 is 0 Å². The lowest BCUT2D eigenvalue weighted by atomic mass is 9.84. The zero-order valence-corrected chi connectivity index (χ0v) is 11.5. The monoisotopic (exact) mass is 240 g/mol. The van der Waals surface area contributed by atoms with Crippen LogP contribution in [-0.2, 0) is 0 Å². The molecular formula is C14H28N2O. The predicted molar refractivity (Wildman–Crippen MR) is 71.2 cm³/mol. The second-order valence-electron chi connectivity index (χ2n) is 6.28. The van der Waals surface area contributed by atoms with Gasteiger partial charge in [0.25, 0.3) is 0 Å². The predicted octanol–water partition coefficient (Wildman–Crippen LogP) is 1.71. The maximum absolute atomic E-state index is 10.6. The van der Waals surface area contributed by atoms with E-state index >= 15 is 0 Å². The molecule has 1 aliphatic carbocycles. The van der Waals surface area contributed by atoms with Crippen molar-refractivity contribution in [2.75, 3.05) is 33.7 Å². The van der Waals surface area contributed by atoms with Crippen molar-refractivity contribution in [3.05, 3.63) is 0 Å². The lowest BCUT2D eigenvalue weighted by molar-refractivity contribution is -0.0360. The fourth-order valence-corrected chi connectivity index (χ4v) is 3.38. The quantitative estimate of drug-likeness (QED) is 0.813. The van der Waals surface area contributed by atoms with E-state index in [4.69, 9.17) is 0 Å². The molecule has 2 fully saturated rings. The van der Waals surface area contributed by atoms with Crippen molar-refractivity contribution in [2.45, 2.75) is 56.6 Å². The molecule has 3 heteroatoms. The molecule has 3 nitrogen and oxygen atoms in total. The minimum absolute atomic E-state index is 0.382. The molecule has 0 amide bonds. The van der Waals surface area contributed by atoms with Crippen molar-refractivity contribution < 1.29 is 5.11 Å². The molecule has 0 aromatic rings. The van der Waals surface area contributed by atoms with E-state index in [1.165, 1.54) is 38.6 Å². The Labute approximate surface area is 106 Å². The topological polar surface area (TPSA) is 26.7 Å². The van der Waals surface area contributed by atoms with Gasteiger partial charge in [0.05, 0.1) is 5.60 Å². The second-order valence-corrected chi connectivity index (χ2v) is 6.28. The molecule has 17 heavy (non-hydrogen) atoms. The molecular weight excluding hydrogens is 212 g/mol. The summed E-state index contributed by atoms with van der Waals surface area (Å²) in [6.45, 7) is 3.21. The second kappa shape index (κ2) is 5.68. The Hall–Kier alpha value is -0.120. The van der Waals surface area contributed by atoms with Crippen molar-refractivity contribution in [3.8, 4) is 0 Å². The highest BCUT2D eigenvalue weighted by atomic mass is 16.3. The van der Waals surface area contributed by atoms with Gasteiger partial charge in [-0.25, -0.2) is 0 Å². The van der Waals surface area contributed by atoms with Crippen LogP contribution in [0.4, 0.5) is 0 Å². The smallest absolute Gasteiger partial charge is 0.0774 e. The average molecular weight is 240 g/mol. The molecule has 2 aliphatic rings. The number of β-amino-alcohol motifs (C(OH)–C–C–N with tert-alkyl or cyclic N) is 1. The van der Waals surface area contributed by atoms with Crippen molar-refractivity contribution >= 4 is 0 Å². The van der Waals surface area contributed by atoms with Gasteiger partial charge < -0.3 is 10.0 Å². The molecule has 1 N–H and O–H groups in total. The van der Waals surface area contributed by atoms with Gasteiger partial charge in [0.1, 0.15) is 0 Å². The Balaban J connectivity index is 1.85. The maximum Gasteiger partial charge on any atom is 0.0774 e. The molecule has 0 bridgehead atoms. The zero-order chi connectivity index (χ0) is 12.3. The lowest BCUT2D eigenvalue weighted by Crippen LogP contribution is -2.51. The highest BCUT2D eigenvalue weighted by Gasteiger charge is 2.33. The number of rotatable bonds is 3. The Morgan fingerprint density at radius 3 is 2.53 bits per heavy atom. The SMILES string of the molecule is CN(C)C1CCCN(CC2(O)CCCCC2)C1. The van der Waals surface area contributed by atoms with E-state index in [1.807, 2.05) is 0 Å². The molecule has 2 rings (SSSR count). The number of likely N-dealkylation sites (N-methyl/N-ethyl adjacent to an activating group) is 1. The molecule has 1 saturated heterocycles. The molecule has 0 aromatic heterocycles. The van der Waals surface area contributed by atoms with E-state index in [1.54, 1.807) is 0 Å². The Kier molecular flexibility index (Phi) is 4.45. The van der Waals surface area contributed by atoms with Gasteiger partial charge in [0, 0.05) is 19.1 Å². The van der Waals surface area contributed by atoms with E-state index in [0.717, 1.165) is 25.9 Å². The van der Waals surface area contributed by atoms with Crippen LogP contribution in [0.1, 0.15) is 44.9 Å². The number of hydrogen-bond acceptors (Lipinski definition) is 3. The summed E-state index contributed by atoms with van der Waals surface area (Å²) in [5.41, 5.74) is -0.382. The fraction of sp³-hybridized carbons (Fsp3) is 1.00. The van der Waals surface area contributed by atoms with Crippen LogP contribution in [0, 0.1) is 0 Å². The molecule has 1 atom stereocenters. The molecule has 0 aromatic carbocycles. The standard InChI is InChI=1S/C14H28N2O/c1-15(2)13-7-6-10-16(11-13)12-14(17)8-4-3-5-9-14/h13,17H,3-12H2,1-2H3. The van der Waals surface area contributed by atoms with E-state index in [0.29, 0.717) is 6.04 Å². The molecule has 100 valence electrons. The summed E-state index contributed by atoms with van der Waals surface area (Å²) < 4.78 is 0. The van der Waals surface area contributed by atoms with Gasteiger partial charge in [0.15, 0.2) is 0 Å². The Morgan fingerprint density at radius 2 is 1.88 bits per heavy atom. The van der Waals surface area contributed by atoms with Crippen LogP contribution in [0.25, 0.3) is 0 Å². The minimum Gasteiger partial charge on any atom is -0.389 e. The normalized spacial score (nSPS) is 30.7. The van der Waals surface area contributed by atoms with Crippen LogP contribution < -0.4 is 0 Å². The summed E-state index contributed by atoms with van der Waals surface area (Å²) in [6.07, 6.45) is 8.33. The molecule has 1 unspecified atom stereocenters. The first-order chi connectivity index (χ1) is 8.09. The third kappa shape index (κ3) is 3.67. The number of nitrogens with zero attached hydrogens (tertiary/aromatic N) is 2. The van der Waals surface area contributed by atoms with Crippen molar-refractivity contribution in [1.82, 2.24) is 9.80 Å². The summed E-state index contributed by atoms with van der Waals surface area (Å²) in [6, 6.07) is 0.677. The first-order valence-corrected chi connectivity index (χ1v) is 7.20. The number of piperidine rings is 1. The van der Waals surface area contributed by atoms with E-state index in [9.17, 15) is 5.11 Å². The van der Waals surface area contributed by atoms with Gasteiger partial charge in [-0.3, -0.25) is 4.90 Å². The van der Waals surface area contributed by atoms with E-state index in [2.05, 4.69) is 23.9 Å². The third-order valence-corrected chi connectivity index (χ3v) is 4.51. The summed E-state index contributed by atoms with van der Waals surface area (Å²) >= 11 is 0. The first kappa shape index (κ1) is 13.3. The highest BCUT2D eigenvalue weighted by molar-refractivity contribution is 4.88. The number of hydrogen-bond donors (Lipinski definition) is 1. The third-order valence-electron chi connectivity index (χ3n) is 4.51. The molecule has 1 heterocycles. The maximum atomic E-state index is 10.6. The molecule has 1 saturated carbocycles. The highest BCUT2D eigenvalue weighted by Crippen LogP contribution is 2.29.